The van der Waals surface area contributed by atoms with E-state index in [1.807, 2.05) is 82.4 Å². The first kappa shape index (κ1) is 28.3. The lowest BCUT2D eigenvalue weighted by Gasteiger charge is -2.40. The van der Waals surface area contributed by atoms with Gasteiger partial charge in [-0.25, -0.2) is 14.8 Å². The van der Waals surface area contributed by atoms with Crippen molar-refractivity contribution in [2.24, 2.45) is 9.98 Å². The summed E-state index contributed by atoms with van der Waals surface area (Å²) in [5.41, 5.74) is 3.26. The third kappa shape index (κ3) is 6.94. The van der Waals surface area contributed by atoms with Gasteiger partial charge in [0.2, 0.25) is 12.0 Å². The topological polar surface area (TPSA) is 62.9 Å². The Balaban J connectivity index is 1.81. The lowest BCUT2D eigenvalue weighted by atomic mass is 9.93. The smallest absolute Gasteiger partial charge is 0.243 e. The first-order valence-corrected chi connectivity index (χ1v) is 13.9. The molecule has 204 valence electrons. The second-order valence-electron chi connectivity index (χ2n) is 9.16. The molecule has 5 rings (SSSR count). The number of isocyanates is 1. The van der Waals surface area contributed by atoms with Crippen LogP contribution < -0.4 is 0 Å². The summed E-state index contributed by atoms with van der Waals surface area (Å²) in [6.45, 7) is 0.408. The molecule has 1 heterocycles. The summed E-state index contributed by atoms with van der Waals surface area (Å²) in [6, 6.07) is 31.4. The molecule has 5 aromatic rings. The second-order valence-corrected chi connectivity index (χ2v) is 10.4. The summed E-state index contributed by atoms with van der Waals surface area (Å²) < 4.78 is 1.94. The Morgan fingerprint density at radius 1 is 0.854 bits per heavy atom. The first-order valence-electron chi connectivity index (χ1n) is 12.7. The number of halogens is 3. The maximum atomic E-state index is 12.0. The average molecular weight is 601 g/mol. The summed E-state index contributed by atoms with van der Waals surface area (Å²) in [7, 11) is 0. The van der Waals surface area contributed by atoms with Crippen molar-refractivity contribution in [3.63, 3.8) is 0 Å². The van der Waals surface area contributed by atoms with Crippen molar-refractivity contribution in [1.82, 2.24) is 14.5 Å². The van der Waals surface area contributed by atoms with Crippen LogP contribution in [-0.2, 0) is 11.3 Å². The fourth-order valence-electron chi connectivity index (χ4n) is 4.73. The van der Waals surface area contributed by atoms with E-state index in [1.54, 1.807) is 55.0 Å². The zero-order chi connectivity index (χ0) is 28.6. The monoisotopic (exact) mass is 599 g/mol. The molecule has 1 unspecified atom stereocenters. The maximum absolute atomic E-state index is 12.0. The highest BCUT2D eigenvalue weighted by molar-refractivity contribution is 6.35. The molecule has 9 heteroatoms. The fraction of sp³-hybridized carbons (Fsp3) is 0.0938. The summed E-state index contributed by atoms with van der Waals surface area (Å²) in [5.74, 6) is 0.149. The van der Waals surface area contributed by atoms with Gasteiger partial charge in [-0.1, -0.05) is 102 Å². The number of benzene rings is 4. The minimum atomic E-state index is -0.484. The molecular weight excluding hydrogens is 577 g/mol. The van der Waals surface area contributed by atoms with Crippen molar-refractivity contribution in [2.45, 2.75) is 18.6 Å². The number of aromatic nitrogens is 2. The van der Waals surface area contributed by atoms with E-state index in [0.717, 1.165) is 16.7 Å². The van der Waals surface area contributed by atoms with Gasteiger partial charge < -0.3 is 9.47 Å². The Morgan fingerprint density at radius 2 is 1.49 bits per heavy atom. The van der Waals surface area contributed by atoms with Crippen LogP contribution in [0.15, 0.2) is 132 Å². The molecule has 0 saturated carbocycles. The molecule has 0 N–H and O–H groups in total. The number of aliphatic imine (C=N–C) groups is 2. The molecule has 0 aliphatic heterocycles. The van der Waals surface area contributed by atoms with E-state index in [-0.39, 0.29) is 5.96 Å². The summed E-state index contributed by atoms with van der Waals surface area (Å²) in [5, 5.41) is 1.54. The van der Waals surface area contributed by atoms with Gasteiger partial charge in [-0.15, -0.1) is 4.99 Å². The van der Waals surface area contributed by atoms with Crippen molar-refractivity contribution in [3.05, 3.63) is 154 Å². The van der Waals surface area contributed by atoms with E-state index >= 15 is 0 Å². The Morgan fingerprint density at radius 3 is 2.05 bits per heavy atom. The third-order valence-electron chi connectivity index (χ3n) is 6.54. The van der Waals surface area contributed by atoms with Crippen molar-refractivity contribution in [1.29, 1.82) is 0 Å². The normalized spacial score (nSPS) is 12.1. The van der Waals surface area contributed by atoms with Gasteiger partial charge in [-0.05, 0) is 53.1 Å². The molecule has 4 aromatic carbocycles. The van der Waals surface area contributed by atoms with Gasteiger partial charge in [-0.2, -0.15) is 0 Å². The lowest BCUT2D eigenvalue weighted by molar-refractivity contribution is 0.240. The van der Waals surface area contributed by atoms with Crippen molar-refractivity contribution < 1.29 is 4.79 Å². The Hall–Kier alpha value is -4.19. The van der Waals surface area contributed by atoms with Crippen LogP contribution in [0.2, 0.25) is 15.1 Å². The quantitative estimate of drug-likeness (QED) is 0.102. The van der Waals surface area contributed by atoms with Gasteiger partial charge in [0.25, 0.3) is 0 Å². The predicted molar refractivity (Wildman–Crippen MR) is 165 cm³/mol. The van der Waals surface area contributed by atoms with Crippen LogP contribution in [0.3, 0.4) is 0 Å². The van der Waals surface area contributed by atoms with Crippen LogP contribution >= 0.6 is 34.8 Å². The molecule has 0 aliphatic rings. The molecular formula is C32H24Cl3N5O. The lowest BCUT2D eigenvalue weighted by Crippen LogP contribution is -2.40. The molecule has 41 heavy (non-hydrogen) atoms. The van der Waals surface area contributed by atoms with Crippen LogP contribution in [-0.4, -0.2) is 26.5 Å². The molecule has 0 amide bonds. The predicted octanol–water partition coefficient (Wildman–Crippen LogP) is 8.70. The number of rotatable bonds is 8. The highest BCUT2D eigenvalue weighted by Crippen LogP contribution is 2.40. The number of imidazole rings is 1. The largest absolute Gasteiger partial charge is 0.335 e. The number of carbonyl (C=O) groups excluding carboxylic acids is 1. The molecule has 0 radical (unpaired) electrons. The van der Waals surface area contributed by atoms with Crippen LogP contribution in [0.5, 0.6) is 0 Å². The Kier molecular flexibility index (Phi) is 9.29. The van der Waals surface area contributed by atoms with E-state index in [1.165, 1.54) is 0 Å². The second kappa shape index (κ2) is 13.4. The fourth-order valence-corrected chi connectivity index (χ4v) is 5.39. The highest BCUT2D eigenvalue weighted by Gasteiger charge is 2.34. The van der Waals surface area contributed by atoms with Gasteiger partial charge in [0.1, 0.15) is 0 Å². The van der Waals surface area contributed by atoms with Gasteiger partial charge in [0.15, 0.2) is 0 Å². The Bertz CT molecular complexity index is 1610. The van der Waals surface area contributed by atoms with Gasteiger partial charge in [0.05, 0.1) is 24.1 Å². The first-order chi connectivity index (χ1) is 20.0. The molecule has 1 atom stereocenters. The molecule has 0 bridgehead atoms. The number of nitrogens with zero attached hydrogens (tertiary/aromatic N) is 5. The van der Waals surface area contributed by atoms with E-state index in [4.69, 9.17) is 39.8 Å². The van der Waals surface area contributed by atoms with E-state index < -0.39 is 12.1 Å². The van der Waals surface area contributed by atoms with Crippen LogP contribution in [0, 0.1) is 0 Å². The van der Waals surface area contributed by atoms with E-state index in [9.17, 15) is 4.79 Å². The van der Waals surface area contributed by atoms with Crippen LogP contribution in [0.25, 0.3) is 0 Å². The Labute approximate surface area is 253 Å². The minimum Gasteiger partial charge on any atom is -0.335 e. The maximum Gasteiger partial charge on any atom is 0.243 e. The molecule has 6 nitrogen and oxygen atoms in total. The molecule has 0 spiro atoms. The summed E-state index contributed by atoms with van der Waals surface area (Å²) in [6.07, 6.45) is 7.04. The van der Waals surface area contributed by atoms with Crippen molar-refractivity contribution in [3.8, 4) is 0 Å². The highest BCUT2D eigenvalue weighted by atomic mass is 35.5. The minimum absolute atomic E-state index is 0.149. The summed E-state index contributed by atoms with van der Waals surface area (Å²) >= 11 is 19.3. The van der Waals surface area contributed by atoms with E-state index in [2.05, 4.69) is 9.98 Å². The van der Waals surface area contributed by atoms with Crippen molar-refractivity contribution in [2.75, 3.05) is 0 Å². The van der Waals surface area contributed by atoms with E-state index in [0.29, 0.717) is 27.3 Å². The molecule has 0 fully saturated rings. The average Bonchev–Trinajstić information content (AvgIpc) is 3.50. The van der Waals surface area contributed by atoms with Gasteiger partial charge in [0, 0.05) is 34.0 Å². The summed E-state index contributed by atoms with van der Waals surface area (Å²) in [4.78, 5) is 27.2. The number of hydrogen-bond donors (Lipinski definition) is 0. The molecule has 0 aliphatic carbocycles. The zero-order valence-electron chi connectivity index (χ0n) is 21.7. The number of hydrogen-bond acceptors (Lipinski definition) is 3. The van der Waals surface area contributed by atoms with Crippen LogP contribution in [0.1, 0.15) is 28.8 Å². The number of guanidine groups is 1. The van der Waals surface area contributed by atoms with Crippen molar-refractivity contribution >= 4 is 52.5 Å². The molecule has 0 saturated heterocycles. The standard InChI is InChI=1S/C32H24Cl3N5O/c33-25-11-14-27(15-12-25)38-32(37-22-41)40(31(23-7-3-1-4-8-23)24-9-5-2-6-10-24)30(20-39-18-17-36-21-39)28-16-13-26(34)19-29(28)35/h1-19,21,30-31H,20H2. The van der Waals surface area contributed by atoms with Gasteiger partial charge in [-0.3, -0.25) is 0 Å². The van der Waals surface area contributed by atoms with Crippen LogP contribution in [0.4, 0.5) is 5.69 Å². The molecule has 1 aromatic heterocycles. The van der Waals surface area contributed by atoms with Gasteiger partial charge >= 0.3 is 0 Å². The SMILES string of the molecule is O=C=NC(=Nc1ccc(Cl)cc1)N(C(Cn1ccnc1)c1ccc(Cl)cc1Cl)C(c1ccccc1)c1ccccc1. The zero-order valence-corrected chi connectivity index (χ0v) is 24.0. The third-order valence-corrected chi connectivity index (χ3v) is 7.36.